The minimum absolute atomic E-state index is 0. The van der Waals surface area contributed by atoms with Crippen molar-refractivity contribution in [2.45, 2.75) is 16.7 Å². The number of aryl methyl sites for hydroxylation is 1. The predicted octanol–water partition coefficient (Wildman–Crippen LogP) is -3.20. The molecule has 0 spiro atoms. The maximum Gasteiger partial charge on any atom is 1.00 e. The van der Waals surface area contributed by atoms with Crippen molar-refractivity contribution < 1.29 is 94.9 Å². The summed E-state index contributed by atoms with van der Waals surface area (Å²) in [4.78, 5) is -1.72. The Kier molecular flexibility index (Phi) is 9.88. The van der Waals surface area contributed by atoms with Crippen LogP contribution in [0.4, 0.5) is 11.4 Å². The summed E-state index contributed by atoms with van der Waals surface area (Å²) in [6, 6.07) is 9.01. The third kappa shape index (κ3) is 6.08. The molecule has 0 atom stereocenters. The fourth-order valence-electron chi connectivity index (χ4n) is 2.83. The molecule has 0 fully saturated rings. The van der Waals surface area contributed by atoms with E-state index in [4.69, 9.17) is 4.74 Å². The minimum atomic E-state index is -5.05. The molecule has 0 unspecified atom stereocenters. The summed E-state index contributed by atoms with van der Waals surface area (Å²) < 4.78 is 73.0. The van der Waals surface area contributed by atoms with Crippen LogP contribution in [0.15, 0.2) is 62.5 Å². The van der Waals surface area contributed by atoms with Gasteiger partial charge in [0.2, 0.25) is 0 Å². The van der Waals surface area contributed by atoms with Crippen LogP contribution in [0.5, 0.6) is 11.5 Å². The molecular formula is C18H14N2Na2O8S2. The van der Waals surface area contributed by atoms with Crippen molar-refractivity contribution in [3.8, 4) is 11.5 Å². The van der Waals surface area contributed by atoms with Crippen molar-refractivity contribution >= 4 is 42.4 Å². The SMILES string of the molecule is COc1ccc(C)cc1N=Nc1c(S(=O)(=O)O)cc2cccc(S(=O)(=O)[O-])c2c1[O-].[Na+].[Na+]. The van der Waals surface area contributed by atoms with Gasteiger partial charge in [-0.15, -0.1) is 10.2 Å². The standard InChI is InChI=1S/C18H16N2O8S2.2Na/c1-10-6-7-13(28-2)12(8-10)19-20-17-15(30(25,26)27)9-11-4-3-5-14(29(22,23)24)16(11)18(17)21;;/h3-9,21H,1-2H3,(H,22,23,24)(H,25,26,27);;/q;2*+1/p-2. The molecular weight excluding hydrogens is 482 g/mol. The van der Waals surface area contributed by atoms with E-state index in [2.05, 4.69) is 10.2 Å². The van der Waals surface area contributed by atoms with Gasteiger partial charge in [0.25, 0.3) is 10.1 Å². The molecule has 0 amide bonds. The van der Waals surface area contributed by atoms with Crippen LogP contribution in [0.1, 0.15) is 5.56 Å². The maximum atomic E-state index is 12.9. The average molecular weight is 496 g/mol. The monoisotopic (exact) mass is 496 g/mol. The Bertz CT molecular complexity index is 1410. The Hall–Kier alpha value is -1.06. The van der Waals surface area contributed by atoms with E-state index in [1.165, 1.54) is 19.2 Å². The molecule has 3 aromatic carbocycles. The van der Waals surface area contributed by atoms with Crippen LogP contribution in [0.2, 0.25) is 0 Å². The molecule has 158 valence electrons. The van der Waals surface area contributed by atoms with Crippen LogP contribution in [0.3, 0.4) is 0 Å². The first-order valence-electron chi connectivity index (χ1n) is 8.20. The van der Waals surface area contributed by atoms with Crippen molar-refractivity contribution in [3.63, 3.8) is 0 Å². The third-order valence-corrected chi connectivity index (χ3v) is 5.91. The van der Waals surface area contributed by atoms with Gasteiger partial charge in [-0.05, 0) is 47.5 Å². The van der Waals surface area contributed by atoms with Gasteiger partial charge in [0, 0.05) is 0 Å². The molecule has 0 radical (unpaired) electrons. The van der Waals surface area contributed by atoms with E-state index in [1.54, 1.807) is 25.1 Å². The third-order valence-electron chi connectivity index (χ3n) is 4.16. The summed E-state index contributed by atoms with van der Waals surface area (Å²) >= 11 is 0. The number of hydrogen-bond donors (Lipinski definition) is 1. The number of hydrogen-bond acceptors (Lipinski definition) is 9. The Morgan fingerprint density at radius 3 is 2.19 bits per heavy atom. The summed E-state index contributed by atoms with van der Waals surface area (Å²) in [6.45, 7) is 1.75. The molecule has 3 rings (SSSR count). The fraction of sp³-hybridized carbons (Fsp3) is 0.111. The predicted molar refractivity (Wildman–Crippen MR) is 103 cm³/mol. The summed E-state index contributed by atoms with van der Waals surface area (Å²) in [5.74, 6) is -0.917. The molecule has 0 aliphatic carbocycles. The second-order valence-electron chi connectivity index (χ2n) is 6.21. The molecule has 32 heavy (non-hydrogen) atoms. The molecule has 0 aromatic heterocycles. The van der Waals surface area contributed by atoms with Gasteiger partial charge in [-0.25, -0.2) is 8.42 Å². The van der Waals surface area contributed by atoms with Gasteiger partial charge in [0.1, 0.15) is 26.5 Å². The number of ether oxygens (including phenoxy) is 1. The van der Waals surface area contributed by atoms with E-state index in [-0.39, 0.29) is 75.9 Å². The van der Waals surface area contributed by atoms with E-state index in [0.717, 1.165) is 17.7 Å². The number of fused-ring (bicyclic) bond motifs is 1. The van der Waals surface area contributed by atoms with Crippen molar-refractivity contribution in [1.29, 1.82) is 0 Å². The van der Waals surface area contributed by atoms with Gasteiger partial charge in [-0.2, -0.15) is 8.42 Å². The van der Waals surface area contributed by atoms with E-state index >= 15 is 0 Å². The molecule has 10 nitrogen and oxygen atoms in total. The summed E-state index contributed by atoms with van der Waals surface area (Å²) in [5.41, 5.74) is 0.0769. The van der Waals surface area contributed by atoms with Crippen LogP contribution in [-0.4, -0.2) is 33.1 Å². The van der Waals surface area contributed by atoms with E-state index < -0.39 is 46.9 Å². The molecule has 14 heteroatoms. The first-order valence-corrected chi connectivity index (χ1v) is 11.0. The minimum Gasteiger partial charge on any atom is -0.870 e. The Labute approximate surface area is 228 Å². The van der Waals surface area contributed by atoms with Gasteiger partial charge in [0.15, 0.2) is 0 Å². The van der Waals surface area contributed by atoms with E-state index in [9.17, 15) is 31.0 Å². The number of methoxy groups -OCH3 is 1. The Balaban J connectivity index is 0.00000256. The Morgan fingerprint density at radius 2 is 1.62 bits per heavy atom. The van der Waals surface area contributed by atoms with Crippen molar-refractivity contribution in [1.82, 2.24) is 0 Å². The zero-order valence-corrected chi connectivity index (χ0v) is 23.2. The smallest absolute Gasteiger partial charge is 0.870 e. The van der Waals surface area contributed by atoms with Crippen molar-refractivity contribution in [2.75, 3.05) is 7.11 Å². The van der Waals surface area contributed by atoms with Gasteiger partial charge in [-0.1, -0.05) is 23.9 Å². The molecule has 0 saturated carbocycles. The first kappa shape index (κ1) is 29.0. The zero-order chi connectivity index (χ0) is 22.3. The van der Waals surface area contributed by atoms with E-state index in [1.807, 2.05) is 0 Å². The van der Waals surface area contributed by atoms with Crippen LogP contribution in [-0.2, 0) is 20.2 Å². The second-order valence-corrected chi connectivity index (χ2v) is 8.95. The van der Waals surface area contributed by atoms with Crippen molar-refractivity contribution in [3.05, 3.63) is 48.0 Å². The summed E-state index contributed by atoms with van der Waals surface area (Å²) in [5, 5.41) is 19.7. The molecule has 0 saturated heterocycles. The quantitative estimate of drug-likeness (QED) is 0.219. The topological polar surface area (TPSA) is 169 Å². The van der Waals surface area contributed by atoms with Gasteiger partial charge < -0.3 is 14.4 Å². The molecule has 0 bridgehead atoms. The van der Waals surface area contributed by atoms with Crippen molar-refractivity contribution in [2.24, 2.45) is 10.2 Å². The maximum absolute atomic E-state index is 12.9. The molecule has 3 aromatic rings. The molecule has 0 aliphatic heterocycles. The Morgan fingerprint density at radius 1 is 0.969 bits per heavy atom. The van der Waals surface area contributed by atoms with Crippen LogP contribution < -0.4 is 69.0 Å². The van der Waals surface area contributed by atoms with Gasteiger partial charge in [-0.3, -0.25) is 4.55 Å². The number of azo groups is 1. The largest absolute Gasteiger partial charge is 1.00 e. The first-order chi connectivity index (χ1) is 13.9. The van der Waals surface area contributed by atoms with Crippen LogP contribution >= 0.6 is 0 Å². The summed E-state index contributed by atoms with van der Waals surface area (Å²) in [7, 11) is -8.62. The fourth-order valence-corrected chi connectivity index (χ4v) is 4.19. The normalized spacial score (nSPS) is 11.8. The molecule has 0 heterocycles. The average Bonchev–Trinajstić information content (AvgIpc) is 2.65. The summed E-state index contributed by atoms with van der Waals surface area (Å²) in [6.07, 6.45) is 0. The van der Waals surface area contributed by atoms with Crippen LogP contribution in [0, 0.1) is 6.92 Å². The van der Waals surface area contributed by atoms with Gasteiger partial charge >= 0.3 is 59.1 Å². The van der Waals surface area contributed by atoms with Crippen LogP contribution in [0.25, 0.3) is 10.8 Å². The number of nitrogens with zero attached hydrogens (tertiary/aromatic N) is 2. The number of rotatable bonds is 5. The zero-order valence-electron chi connectivity index (χ0n) is 17.6. The second kappa shape index (κ2) is 10.9. The molecule has 1 N–H and O–H groups in total. The van der Waals surface area contributed by atoms with E-state index in [0.29, 0.717) is 0 Å². The molecule has 0 aliphatic rings. The number of benzene rings is 3. The van der Waals surface area contributed by atoms with Gasteiger partial charge in [0.05, 0.1) is 17.7 Å².